The van der Waals surface area contributed by atoms with Gasteiger partial charge < -0.3 is 14.8 Å². The Balaban J connectivity index is 1.80. The summed E-state index contributed by atoms with van der Waals surface area (Å²) in [5.41, 5.74) is 1.06. The molecule has 0 spiro atoms. The second kappa shape index (κ2) is 9.58. The molecule has 0 radical (unpaired) electrons. The molecule has 1 N–H and O–H groups in total. The summed E-state index contributed by atoms with van der Waals surface area (Å²) in [5, 5.41) is 14.5. The van der Waals surface area contributed by atoms with Crippen LogP contribution < -0.4 is 10.1 Å². The predicted molar refractivity (Wildman–Crippen MR) is 112 cm³/mol. The first-order valence-corrected chi connectivity index (χ1v) is 11.3. The average Bonchev–Trinajstić information content (AvgIpc) is 2.74. The second-order valence-corrected chi connectivity index (χ2v) is 8.80. The summed E-state index contributed by atoms with van der Waals surface area (Å²) in [5.74, 6) is 0.143. The van der Waals surface area contributed by atoms with E-state index in [-0.39, 0.29) is 49.3 Å². The lowest BCUT2D eigenvalue weighted by atomic mass is 10.1. The number of halogens is 1. The van der Waals surface area contributed by atoms with Crippen LogP contribution in [0.5, 0.6) is 5.75 Å². The molecule has 0 fully saturated rings. The molecule has 0 saturated heterocycles. The summed E-state index contributed by atoms with van der Waals surface area (Å²) >= 11 is 0. The molecular weight excluding hydrogens is 429 g/mol. The highest BCUT2D eigenvalue weighted by atomic mass is 32.2. The fourth-order valence-corrected chi connectivity index (χ4v) is 4.94. The maximum absolute atomic E-state index is 13.9. The monoisotopic (exact) mass is 453 g/mol. The maximum atomic E-state index is 13.9. The molecule has 2 aromatic rings. The summed E-state index contributed by atoms with van der Waals surface area (Å²) in [6.07, 6.45) is 0.344. The van der Waals surface area contributed by atoms with Crippen LogP contribution in [0.3, 0.4) is 0 Å². The fourth-order valence-electron chi connectivity index (χ4n) is 3.46. The molecule has 0 saturated carbocycles. The number of benzene rings is 2. The Morgan fingerprint density at radius 2 is 1.97 bits per heavy atom. The molecule has 0 bridgehead atoms. The first-order valence-electron chi connectivity index (χ1n) is 9.82. The third-order valence-electron chi connectivity index (χ3n) is 4.97. The van der Waals surface area contributed by atoms with E-state index < -0.39 is 20.8 Å². The van der Waals surface area contributed by atoms with Gasteiger partial charge in [-0.3, -0.25) is 10.1 Å². The van der Waals surface area contributed by atoms with Crippen molar-refractivity contribution in [1.82, 2.24) is 4.31 Å². The Labute approximate surface area is 180 Å². The topological polar surface area (TPSA) is 111 Å². The normalized spacial score (nSPS) is 13.5. The first kappa shape index (κ1) is 22.9. The van der Waals surface area contributed by atoms with Crippen LogP contribution >= 0.6 is 0 Å². The number of hydrogen-bond acceptors (Lipinski definition) is 7. The van der Waals surface area contributed by atoms with Crippen molar-refractivity contribution in [3.8, 4) is 5.75 Å². The molecule has 2 aromatic carbocycles. The van der Waals surface area contributed by atoms with Gasteiger partial charge >= 0.3 is 0 Å². The van der Waals surface area contributed by atoms with Gasteiger partial charge in [0.1, 0.15) is 17.3 Å². The van der Waals surface area contributed by atoms with Gasteiger partial charge in [-0.05, 0) is 36.2 Å². The zero-order valence-corrected chi connectivity index (χ0v) is 18.1. The molecule has 168 valence electrons. The molecule has 1 heterocycles. The SMILES string of the molecule is CCN(CC)S(=O)(=O)c1ccc(NCCc2cc(F)cc3c2OCOC3)c([N+](=O)[O-])c1. The van der Waals surface area contributed by atoms with Crippen LogP contribution in [0.2, 0.25) is 0 Å². The number of rotatable bonds is 9. The zero-order chi connectivity index (χ0) is 22.6. The second-order valence-electron chi connectivity index (χ2n) is 6.87. The summed E-state index contributed by atoms with van der Waals surface area (Å²) in [6, 6.07) is 6.49. The largest absolute Gasteiger partial charge is 0.467 e. The van der Waals surface area contributed by atoms with Crippen LogP contribution in [-0.2, 0) is 27.8 Å². The van der Waals surface area contributed by atoms with Crippen molar-refractivity contribution in [2.75, 3.05) is 31.7 Å². The van der Waals surface area contributed by atoms with E-state index in [1.807, 2.05) is 0 Å². The van der Waals surface area contributed by atoms with Crippen molar-refractivity contribution >= 4 is 21.4 Å². The molecule has 0 unspecified atom stereocenters. The van der Waals surface area contributed by atoms with Gasteiger partial charge in [0, 0.05) is 31.3 Å². The molecular formula is C20H24FN3O6S. The van der Waals surface area contributed by atoms with E-state index in [0.29, 0.717) is 23.3 Å². The van der Waals surface area contributed by atoms with Crippen LogP contribution in [0.25, 0.3) is 0 Å². The highest BCUT2D eigenvalue weighted by Gasteiger charge is 2.25. The van der Waals surface area contributed by atoms with Gasteiger partial charge in [0.2, 0.25) is 10.0 Å². The number of anilines is 1. The summed E-state index contributed by atoms with van der Waals surface area (Å²) in [6.45, 7) is 4.51. The maximum Gasteiger partial charge on any atom is 0.293 e. The van der Waals surface area contributed by atoms with Crippen LogP contribution in [0.4, 0.5) is 15.8 Å². The van der Waals surface area contributed by atoms with Crippen molar-refractivity contribution < 1.29 is 27.2 Å². The molecule has 0 aromatic heterocycles. The van der Waals surface area contributed by atoms with Gasteiger partial charge in [-0.2, -0.15) is 4.31 Å². The highest BCUT2D eigenvalue weighted by molar-refractivity contribution is 7.89. The molecule has 9 nitrogen and oxygen atoms in total. The molecule has 1 aliphatic heterocycles. The van der Waals surface area contributed by atoms with Crippen LogP contribution in [0, 0.1) is 15.9 Å². The van der Waals surface area contributed by atoms with Crippen LogP contribution in [0.15, 0.2) is 35.2 Å². The number of nitro benzene ring substituents is 1. The summed E-state index contributed by atoms with van der Waals surface area (Å²) < 4.78 is 51.1. The fraction of sp³-hybridized carbons (Fsp3) is 0.400. The van der Waals surface area contributed by atoms with E-state index in [9.17, 15) is 22.9 Å². The molecule has 0 amide bonds. The zero-order valence-electron chi connectivity index (χ0n) is 17.3. The van der Waals surface area contributed by atoms with Crippen molar-refractivity contribution in [2.24, 2.45) is 0 Å². The standard InChI is InChI=1S/C20H24FN3O6S/c1-3-23(4-2)31(27,28)17-5-6-18(19(11-17)24(25)26)22-8-7-14-9-16(21)10-15-12-29-13-30-20(14)15/h5-6,9-11,22H,3-4,7-8,12-13H2,1-2H3. The van der Waals surface area contributed by atoms with Gasteiger partial charge in [0.15, 0.2) is 6.79 Å². The minimum Gasteiger partial charge on any atom is -0.467 e. The Morgan fingerprint density at radius 3 is 2.65 bits per heavy atom. The lowest BCUT2D eigenvalue weighted by molar-refractivity contribution is -0.384. The first-order chi connectivity index (χ1) is 14.8. The van der Waals surface area contributed by atoms with Gasteiger partial charge in [0.25, 0.3) is 5.69 Å². The number of fused-ring (bicyclic) bond motifs is 1. The minimum atomic E-state index is -3.82. The molecule has 0 atom stereocenters. The average molecular weight is 453 g/mol. The summed E-state index contributed by atoms with van der Waals surface area (Å²) in [7, 11) is -3.82. The van der Waals surface area contributed by atoms with E-state index in [2.05, 4.69) is 5.32 Å². The number of nitro groups is 1. The predicted octanol–water partition coefficient (Wildman–Crippen LogP) is 3.29. The van der Waals surface area contributed by atoms with Gasteiger partial charge in [-0.1, -0.05) is 13.8 Å². The van der Waals surface area contributed by atoms with E-state index >= 15 is 0 Å². The van der Waals surface area contributed by atoms with E-state index in [4.69, 9.17) is 9.47 Å². The molecule has 31 heavy (non-hydrogen) atoms. The lowest BCUT2D eigenvalue weighted by Crippen LogP contribution is -2.30. The van der Waals surface area contributed by atoms with Crippen molar-refractivity contribution in [3.05, 3.63) is 57.4 Å². The number of nitrogens with one attached hydrogen (secondary N) is 1. The Hall–Kier alpha value is -2.76. The number of ether oxygens (including phenoxy) is 2. The Bertz CT molecular complexity index is 1070. The van der Waals surface area contributed by atoms with Crippen molar-refractivity contribution in [3.63, 3.8) is 0 Å². The number of sulfonamides is 1. The van der Waals surface area contributed by atoms with E-state index in [0.717, 1.165) is 6.07 Å². The smallest absolute Gasteiger partial charge is 0.293 e. The third-order valence-corrected chi connectivity index (χ3v) is 7.02. The van der Waals surface area contributed by atoms with Gasteiger partial charge in [-0.25, -0.2) is 12.8 Å². The van der Waals surface area contributed by atoms with Gasteiger partial charge in [0.05, 0.1) is 16.4 Å². The highest BCUT2D eigenvalue weighted by Crippen LogP contribution is 2.31. The van der Waals surface area contributed by atoms with Crippen LogP contribution in [0.1, 0.15) is 25.0 Å². The molecule has 3 rings (SSSR count). The van der Waals surface area contributed by atoms with Gasteiger partial charge in [-0.15, -0.1) is 0 Å². The Kier molecular flexibility index (Phi) is 7.08. The lowest BCUT2D eigenvalue weighted by Gasteiger charge is -2.21. The summed E-state index contributed by atoms with van der Waals surface area (Å²) in [4.78, 5) is 10.8. The van der Waals surface area contributed by atoms with Crippen LogP contribution in [-0.4, -0.2) is 44.1 Å². The van der Waals surface area contributed by atoms with E-state index in [1.165, 1.54) is 28.6 Å². The number of hydrogen-bond donors (Lipinski definition) is 1. The quantitative estimate of drug-likeness (QED) is 0.458. The Morgan fingerprint density at radius 1 is 1.23 bits per heavy atom. The third kappa shape index (κ3) is 4.94. The molecule has 11 heteroatoms. The van der Waals surface area contributed by atoms with Crippen molar-refractivity contribution in [1.29, 1.82) is 0 Å². The minimum absolute atomic E-state index is 0.0764. The van der Waals surface area contributed by atoms with E-state index in [1.54, 1.807) is 13.8 Å². The molecule has 0 aliphatic carbocycles. The molecule has 1 aliphatic rings. The number of nitrogens with zero attached hydrogens (tertiary/aromatic N) is 2. The van der Waals surface area contributed by atoms with Crippen molar-refractivity contribution in [2.45, 2.75) is 31.8 Å².